The van der Waals surface area contributed by atoms with Crippen molar-refractivity contribution in [3.8, 4) is 11.5 Å². The van der Waals surface area contributed by atoms with Crippen molar-refractivity contribution in [1.82, 2.24) is 0 Å². The number of hydrogen-bond donors (Lipinski definition) is 2. The molecular weight excluding hydrogens is 224 g/mol. The zero-order chi connectivity index (χ0) is 12.7. The molecule has 0 bridgehead atoms. The highest BCUT2D eigenvalue weighted by Gasteiger charge is 2.04. The Balaban J connectivity index is 2.87. The number of carboxylic acids is 1. The van der Waals surface area contributed by atoms with Crippen LogP contribution in [0.5, 0.6) is 11.5 Å². The predicted octanol–water partition coefficient (Wildman–Crippen LogP) is 1.16. The monoisotopic (exact) mass is 238 g/mol. The lowest BCUT2D eigenvalue weighted by Crippen LogP contribution is -2.03. The summed E-state index contributed by atoms with van der Waals surface area (Å²) in [6.45, 7) is 0.102. The molecule has 0 amide bonds. The average molecular weight is 238 g/mol. The molecule has 0 spiro atoms. The minimum atomic E-state index is -1.01. The van der Waals surface area contributed by atoms with Crippen LogP contribution in [0.25, 0.3) is 6.08 Å². The molecule has 0 unspecified atom stereocenters. The molecule has 0 aliphatic heterocycles. The number of ether oxygens (including phenoxy) is 2. The second-order valence-corrected chi connectivity index (χ2v) is 3.15. The van der Waals surface area contributed by atoms with E-state index in [1.54, 1.807) is 18.2 Å². The lowest BCUT2D eigenvalue weighted by Gasteiger charge is -2.10. The van der Waals surface area contributed by atoms with Gasteiger partial charge in [-0.15, -0.1) is 0 Å². The average Bonchev–Trinajstić information content (AvgIpc) is 2.34. The van der Waals surface area contributed by atoms with E-state index in [2.05, 4.69) is 0 Å². The van der Waals surface area contributed by atoms with Crippen molar-refractivity contribution >= 4 is 12.0 Å². The van der Waals surface area contributed by atoms with Gasteiger partial charge in [0.15, 0.2) is 11.5 Å². The number of methoxy groups -OCH3 is 1. The Kier molecular flexibility index (Phi) is 5.03. The molecule has 5 heteroatoms. The molecule has 1 rings (SSSR count). The van der Waals surface area contributed by atoms with Crippen LogP contribution in [-0.2, 0) is 4.79 Å². The fourth-order valence-electron chi connectivity index (χ4n) is 1.23. The topological polar surface area (TPSA) is 76.0 Å². The maximum absolute atomic E-state index is 10.4. The van der Waals surface area contributed by atoms with Gasteiger partial charge < -0.3 is 19.7 Å². The van der Waals surface area contributed by atoms with Crippen LogP contribution in [0.3, 0.4) is 0 Å². The molecule has 0 aliphatic carbocycles. The van der Waals surface area contributed by atoms with Crippen LogP contribution >= 0.6 is 0 Å². The summed E-state index contributed by atoms with van der Waals surface area (Å²) in [5.41, 5.74) is 0.695. The maximum atomic E-state index is 10.4. The number of aliphatic hydroxyl groups excluding tert-OH is 1. The first-order valence-corrected chi connectivity index (χ1v) is 5.00. The Morgan fingerprint density at radius 1 is 1.41 bits per heavy atom. The van der Waals surface area contributed by atoms with Crippen LogP contribution in [0.4, 0.5) is 0 Å². The van der Waals surface area contributed by atoms with E-state index in [0.717, 1.165) is 6.08 Å². The first-order valence-electron chi connectivity index (χ1n) is 5.00. The molecule has 0 atom stereocenters. The van der Waals surface area contributed by atoms with Gasteiger partial charge in [-0.05, 0) is 23.8 Å². The van der Waals surface area contributed by atoms with E-state index in [1.807, 2.05) is 0 Å². The van der Waals surface area contributed by atoms with Crippen LogP contribution in [0, 0.1) is 0 Å². The fraction of sp³-hybridized carbons (Fsp3) is 0.250. The molecule has 0 heterocycles. The summed E-state index contributed by atoms with van der Waals surface area (Å²) in [5.74, 6) is -0.00964. The molecule has 2 N–H and O–H groups in total. The van der Waals surface area contributed by atoms with Gasteiger partial charge in [0.25, 0.3) is 0 Å². The zero-order valence-corrected chi connectivity index (χ0v) is 9.42. The Hall–Kier alpha value is -2.01. The van der Waals surface area contributed by atoms with Crippen molar-refractivity contribution in [2.24, 2.45) is 0 Å². The van der Waals surface area contributed by atoms with Crippen molar-refractivity contribution in [2.75, 3.05) is 20.3 Å². The van der Waals surface area contributed by atoms with Gasteiger partial charge >= 0.3 is 5.97 Å². The summed E-state index contributed by atoms with van der Waals surface area (Å²) in [4.78, 5) is 10.4. The van der Waals surface area contributed by atoms with E-state index >= 15 is 0 Å². The van der Waals surface area contributed by atoms with Crippen LogP contribution in [0.1, 0.15) is 5.56 Å². The Bertz CT molecular complexity index is 411. The van der Waals surface area contributed by atoms with Crippen molar-refractivity contribution in [2.45, 2.75) is 0 Å². The molecular formula is C12H14O5. The third-order valence-electron chi connectivity index (χ3n) is 1.95. The minimum absolute atomic E-state index is 0.0795. The molecule has 17 heavy (non-hydrogen) atoms. The highest BCUT2D eigenvalue weighted by Crippen LogP contribution is 2.28. The highest BCUT2D eigenvalue weighted by molar-refractivity contribution is 5.85. The summed E-state index contributed by atoms with van der Waals surface area (Å²) in [6.07, 6.45) is 2.50. The van der Waals surface area contributed by atoms with Crippen LogP contribution in [0.15, 0.2) is 24.3 Å². The zero-order valence-electron chi connectivity index (χ0n) is 9.42. The number of aliphatic carboxylic acids is 1. The van der Waals surface area contributed by atoms with Gasteiger partial charge in [0.2, 0.25) is 0 Å². The summed E-state index contributed by atoms with van der Waals surface area (Å²) < 4.78 is 10.3. The van der Waals surface area contributed by atoms with Gasteiger partial charge in [-0.3, -0.25) is 0 Å². The fourth-order valence-corrected chi connectivity index (χ4v) is 1.23. The van der Waals surface area contributed by atoms with Gasteiger partial charge in [-0.1, -0.05) is 6.07 Å². The molecule has 0 aromatic heterocycles. The van der Waals surface area contributed by atoms with Crippen molar-refractivity contribution in [3.63, 3.8) is 0 Å². The predicted molar refractivity (Wildman–Crippen MR) is 62.2 cm³/mol. The Morgan fingerprint density at radius 2 is 2.18 bits per heavy atom. The van der Waals surface area contributed by atoms with E-state index in [4.69, 9.17) is 19.7 Å². The third kappa shape index (κ3) is 4.16. The number of rotatable bonds is 6. The summed E-state index contributed by atoms with van der Waals surface area (Å²) in [5, 5.41) is 17.2. The SMILES string of the molecule is COc1cc(C=CC(=O)O)ccc1OCCO. The number of benzene rings is 1. The first kappa shape index (κ1) is 13.1. The van der Waals surface area contributed by atoms with Crippen LogP contribution < -0.4 is 9.47 Å². The van der Waals surface area contributed by atoms with E-state index in [1.165, 1.54) is 13.2 Å². The molecule has 0 aliphatic rings. The largest absolute Gasteiger partial charge is 0.493 e. The Morgan fingerprint density at radius 3 is 2.76 bits per heavy atom. The van der Waals surface area contributed by atoms with E-state index in [0.29, 0.717) is 17.1 Å². The van der Waals surface area contributed by atoms with E-state index in [9.17, 15) is 4.79 Å². The summed E-state index contributed by atoms with van der Waals surface area (Å²) in [6, 6.07) is 5.02. The lowest BCUT2D eigenvalue weighted by atomic mass is 10.2. The van der Waals surface area contributed by atoms with Gasteiger partial charge in [-0.25, -0.2) is 4.79 Å². The number of hydrogen-bond acceptors (Lipinski definition) is 4. The molecule has 0 radical (unpaired) electrons. The number of carboxylic acid groups (broad SMARTS) is 1. The summed E-state index contributed by atoms with van der Waals surface area (Å²) in [7, 11) is 1.49. The van der Waals surface area contributed by atoms with E-state index < -0.39 is 5.97 Å². The van der Waals surface area contributed by atoms with Gasteiger partial charge in [0.05, 0.1) is 13.7 Å². The van der Waals surface area contributed by atoms with Crippen LogP contribution in [-0.4, -0.2) is 36.5 Å². The Labute approximate surface area is 98.9 Å². The van der Waals surface area contributed by atoms with E-state index in [-0.39, 0.29) is 13.2 Å². The van der Waals surface area contributed by atoms with Crippen molar-refractivity contribution in [3.05, 3.63) is 29.8 Å². The standard InChI is InChI=1S/C12H14O5/c1-16-11-8-9(3-5-12(14)15)2-4-10(11)17-7-6-13/h2-5,8,13H,6-7H2,1H3,(H,14,15). The third-order valence-corrected chi connectivity index (χ3v) is 1.95. The number of carbonyl (C=O) groups is 1. The van der Waals surface area contributed by atoms with Crippen molar-refractivity contribution in [1.29, 1.82) is 0 Å². The molecule has 5 nitrogen and oxygen atoms in total. The molecule has 0 saturated carbocycles. The quantitative estimate of drug-likeness (QED) is 0.727. The molecule has 1 aromatic carbocycles. The molecule has 0 saturated heterocycles. The summed E-state index contributed by atoms with van der Waals surface area (Å²) >= 11 is 0. The first-order chi connectivity index (χ1) is 8.17. The lowest BCUT2D eigenvalue weighted by molar-refractivity contribution is -0.131. The minimum Gasteiger partial charge on any atom is -0.493 e. The van der Waals surface area contributed by atoms with Gasteiger partial charge in [-0.2, -0.15) is 0 Å². The number of aliphatic hydroxyl groups is 1. The smallest absolute Gasteiger partial charge is 0.328 e. The van der Waals surface area contributed by atoms with Crippen molar-refractivity contribution < 1.29 is 24.5 Å². The second-order valence-electron chi connectivity index (χ2n) is 3.15. The highest BCUT2D eigenvalue weighted by atomic mass is 16.5. The molecule has 92 valence electrons. The molecule has 1 aromatic rings. The normalized spacial score (nSPS) is 10.5. The maximum Gasteiger partial charge on any atom is 0.328 e. The molecule has 0 fully saturated rings. The van der Waals surface area contributed by atoms with Gasteiger partial charge in [0.1, 0.15) is 6.61 Å². The van der Waals surface area contributed by atoms with Crippen LogP contribution in [0.2, 0.25) is 0 Å². The van der Waals surface area contributed by atoms with Gasteiger partial charge in [0, 0.05) is 6.08 Å². The second kappa shape index (κ2) is 6.55.